The molecule has 3 aromatic rings. The van der Waals surface area contributed by atoms with Crippen molar-refractivity contribution in [2.45, 2.75) is 19.4 Å². The van der Waals surface area contributed by atoms with E-state index in [1.807, 2.05) is 12.1 Å². The highest BCUT2D eigenvalue weighted by molar-refractivity contribution is 7.71. The fraction of sp³-hybridized carbons (Fsp3) is 0.318. The molecule has 0 spiro atoms. The van der Waals surface area contributed by atoms with Crippen LogP contribution >= 0.6 is 12.2 Å². The van der Waals surface area contributed by atoms with Crippen LogP contribution in [0.1, 0.15) is 12.8 Å². The van der Waals surface area contributed by atoms with E-state index < -0.39 is 5.82 Å². The summed E-state index contributed by atoms with van der Waals surface area (Å²) in [6, 6.07) is 11.1. The van der Waals surface area contributed by atoms with Gasteiger partial charge in [-0.3, -0.25) is 14.2 Å². The van der Waals surface area contributed by atoms with Crippen molar-refractivity contribution in [3.63, 3.8) is 0 Å². The number of amides is 1. The Balaban J connectivity index is 1.35. The van der Waals surface area contributed by atoms with Crippen LogP contribution in [-0.2, 0) is 11.3 Å². The molecule has 1 saturated heterocycles. The number of hydrogen-bond donors (Lipinski definition) is 2. The zero-order valence-electron chi connectivity index (χ0n) is 16.9. The fourth-order valence-corrected chi connectivity index (χ4v) is 4.18. The maximum Gasteiger partial charge on any atom is 0.262 e. The largest absolute Gasteiger partial charge is 0.506 e. The minimum Gasteiger partial charge on any atom is -0.506 e. The number of H-pyrrole nitrogens is 1. The maximum atomic E-state index is 13.5. The number of anilines is 1. The lowest BCUT2D eigenvalue weighted by molar-refractivity contribution is -0.131. The molecular formula is C22H23FN4O3S. The van der Waals surface area contributed by atoms with Gasteiger partial charge in [-0.1, -0.05) is 12.1 Å². The second-order valence-corrected chi connectivity index (χ2v) is 7.92. The van der Waals surface area contributed by atoms with Crippen molar-refractivity contribution < 1.29 is 14.3 Å². The summed E-state index contributed by atoms with van der Waals surface area (Å²) in [6.07, 6.45) is 0.746. The van der Waals surface area contributed by atoms with Crippen LogP contribution in [0.15, 0.2) is 47.3 Å². The van der Waals surface area contributed by atoms with E-state index >= 15 is 0 Å². The molecule has 1 amide bonds. The van der Waals surface area contributed by atoms with Crippen LogP contribution in [0.3, 0.4) is 0 Å². The number of aromatic hydroxyl groups is 1. The molecule has 2 heterocycles. The van der Waals surface area contributed by atoms with Crippen molar-refractivity contribution in [1.82, 2.24) is 14.5 Å². The number of phenols is 1. The molecule has 1 aromatic heterocycles. The Morgan fingerprint density at radius 2 is 1.87 bits per heavy atom. The van der Waals surface area contributed by atoms with Crippen LogP contribution in [0, 0.1) is 10.6 Å². The third-order valence-electron chi connectivity index (χ3n) is 5.57. The van der Waals surface area contributed by atoms with Gasteiger partial charge in [-0.05, 0) is 49.0 Å². The summed E-state index contributed by atoms with van der Waals surface area (Å²) in [4.78, 5) is 32.1. The molecule has 0 bridgehead atoms. The van der Waals surface area contributed by atoms with Crippen molar-refractivity contribution in [2.75, 3.05) is 31.1 Å². The summed E-state index contributed by atoms with van der Waals surface area (Å²) in [5, 5.41) is 10.2. The van der Waals surface area contributed by atoms with Gasteiger partial charge in [0.05, 0.1) is 16.6 Å². The second kappa shape index (κ2) is 8.89. The van der Waals surface area contributed by atoms with Crippen molar-refractivity contribution >= 4 is 34.7 Å². The van der Waals surface area contributed by atoms with Crippen LogP contribution in [-0.4, -0.2) is 51.6 Å². The van der Waals surface area contributed by atoms with E-state index in [9.17, 15) is 19.1 Å². The Morgan fingerprint density at radius 1 is 1.13 bits per heavy atom. The SMILES string of the molecule is O=C(CCCn1c(=S)[nH]c2ccc(F)cc2c1=O)N1CCN(c2ccccc2O)CC1. The number of hydrogen-bond acceptors (Lipinski definition) is 5. The highest BCUT2D eigenvalue weighted by Gasteiger charge is 2.22. The second-order valence-electron chi connectivity index (χ2n) is 7.54. The summed E-state index contributed by atoms with van der Waals surface area (Å²) in [5.41, 5.74) is 0.906. The number of rotatable bonds is 5. The number of carbonyl (C=O) groups excluding carboxylic acids is 1. The number of nitrogens with one attached hydrogen (secondary N) is 1. The van der Waals surface area contributed by atoms with Crippen LogP contribution in [0.4, 0.5) is 10.1 Å². The van der Waals surface area contributed by atoms with Crippen molar-refractivity contribution in [1.29, 1.82) is 0 Å². The Morgan fingerprint density at radius 3 is 2.61 bits per heavy atom. The summed E-state index contributed by atoms with van der Waals surface area (Å²) < 4.78 is 15.1. The molecule has 7 nitrogen and oxygen atoms in total. The van der Waals surface area contributed by atoms with E-state index in [-0.39, 0.29) is 33.9 Å². The third kappa shape index (κ3) is 4.46. The predicted octanol–water partition coefficient (Wildman–Crippen LogP) is 3.03. The average Bonchev–Trinajstić information content (AvgIpc) is 2.77. The number of carbonyl (C=O) groups is 1. The number of aromatic nitrogens is 2. The standard InChI is InChI=1S/C22H23FN4O3S/c23-15-7-8-17-16(14-15)21(30)27(22(31)24-17)9-3-6-20(29)26-12-10-25(11-13-26)18-4-1-2-5-19(18)28/h1-2,4-5,7-8,14,28H,3,6,9-13H2,(H,24,31). The van der Waals surface area contributed by atoms with Gasteiger partial charge in [0, 0.05) is 39.1 Å². The van der Waals surface area contributed by atoms with Crippen molar-refractivity contribution in [3.05, 3.63) is 63.4 Å². The molecule has 2 N–H and O–H groups in total. The molecule has 1 fully saturated rings. The molecule has 31 heavy (non-hydrogen) atoms. The quantitative estimate of drug-likeness (QED) is 0.594. The van der Waals surface area contributed by atoms with E-state index in [1.54, 1.807) is 17.0 Å². The summed E-state index contributed by atoms with van der Waals surface area (Å²) in [6.45, 7) is 2.71. The van der Waals surface area contributed by atoms with Gasteiger partial charge >= 0.3 is 0 Å². The number of phenolic OH excluding ortho intramolecular Hbond substituents is 1. The van der Waals surface area contributed by atoms with Crippen LogP contribution < -0.4 is 10.5 Å². The molecule has 0 saturated carbocycles. The molecule has 162 valence electrons. The first-order valence-electron chi connectivity index (χ1n) is 10.2. The van der Waals surface area contributed by atoms with E-state index in [1.165, 1.54) is 22.8 Å². The van der Waals surface area contributed by atoms with E-state index in [4.69, 9.17) is 12.2 Å². The average molecular weight is 443 g/mol. The normalized spacial score (nSPS) is 14.2. The van der Waals surface area contributed by atoms with Gasteiger partial charge in [-0.2, -0.15) is 0 Å². The Hall–Kier alpha value is -3.20. The number of halogens is 1. The molecule has 0 aliphatic carbocycles. The van der Waals surface area contributed by atoms with E-state index in [0.29, 0.717) is 44.5 Å². The summed E-state index contributed by atoms with van der Waals surface area (Å²) >= 11 is 5.27. The monoisotopic (exact) mass is 442 g/mol. The predicted molar refractivity (Wildman–Crippen MR) is 119 cm³/mol. The minimum atomic E-state index is -0.486. The minimum absolute atomic E-state index is 0.0201. The van der Waals surface area contributed by atoms with Gasteiger partial charge in [-0.25, -0.2) is 4.39 Å². The smallest absolute Gasteiger partial charge is 0.262 e. The first-order chi connectivity index (χ1) is 14.9. The molecule has 0 unspecified atom stereocenters. The zero-order chi connectivity index (χ0) is 22.0. The number of fused-ring (bicyclic) bond motifs is 1. The third-order valence-corrected chi connectivity index (χ3v) is 5.89. The zero-order valence-corrected chi connectivity index (χ0v) is 17.7. The summed E-state index contributed by atoms with van der Waals surface area (Å²) in [5.74, 6) is -0.231. The molecule has 1 aliphatic heterocycles. The number of piperazine rings is 1. The van der Waals surface area contributed by atoms with Gasteiger partial charge < -0.3 is 19.9 Å². The van der Waals surface area contributed by atoms with E-state index in [0.717, 1.165) is 5.69 Å². The van der Waals surface area contributed by atoms with Crippen LogP contribution in [0.5, 0.6) is 5.75 Å². The molecule has 0 radical (unpaired) electrons. The Kier molecular flexibility index (Phi) is 6.03. The first kappa shape index (κ1) is 21.0. The van der Waals surface area contributed by atoms with Gasteiger partial charge in [0.2, 0.25) is 5.91 Å². The van der Waals surface area contributed by atoms with Crippen molar-refractivity contribution in [3.8, 4) is 5.75 Å². The van der Waals surface area contributed by atoms with Gasteiger partial charge in [0.1, 0.15) is 11.6 Å². The topological polar surface area (TPSA) is 81.6 Å². The number of nitrogens with zero attached hydrogens (tertiary/aromatic N) is 3. The first-order valence-corrected chi connectivity index (χ1v) is 10.6. The lowest BCUT2D eigenvalue weighted by atomic mass is 10.2. The molecular weight excluding hydrogens is 419 g/mol. The van der Waals surface area contributed by atoms with Crippen molar-refractivity contribution in [2.24, 2.45) is 0 Å². The lowest BCUT2D eigenvalue weighted by Gasteiger charge is -2.36. The number of aromatic amines is 1. The molecule has 0 atom stereocenters. The summed E-state index contributed by atoms with van der Waals surface area (Å²) in [7, 11) is 0. The van der Waals surface area contributed by atoms with Crippen LogP contribution in [0.2, 0.25) is 0 Å². The molecule has 2 aromatic carbocycles. The van der Waals surface area contributed by atoms with Gasteiger partial charge in [0.25, 0.3) is 5.56 Å². The molecule has 4 rings (SSSR count). The fourth-order valence-electron chi connectivity index (χ4n) is 3.90. The Labute approximate surface area is 183 Å². The van der Waals surface area contributed by atoms with Crippen LogP contribution in [0.25, 0.3) is 10.9 Å². The van der Waals surface area contributed by atoms with Gasteiger partial charge in [-0.15, -0.1) is 0 Å². The van der Waals surface area contributed by atoms with Gasteiger partial charge in [0.15, 0.2) is 4.77 Å². The number of para-hydroxylation sites is 2. The molecule has 9 heteroatoms. The highest BCUT2D eigenvalue weighted by atomic mass is 32.1. The Bertz CT molecular complexity index is 1230. The number of benzene rings is 2. The maximum absolute atomic E-state index is 13.5. The molecule has 1 aliphatic rings. The highest BCUT2D eigenvalue weighted by Crippen LogP contribution is 2.27. The van der Waals surface area contributed by atoms with E-state index in [2.05, 4.69) is 9.88 Å². The lowest BCUT2D eigenvalue weighted by Crippen LogP contribution is -2.48.